The van der Waals surface area contributed by atoms with Crippen LogP contribution in [-0.4, -0.2) is 6.29 Å². The molecule has 86 valence electrons. The summed E-state index contributed by atoms with van der Waals surface area (Å²) in [6.45, 7) is 0. The molecule has 2 rings (SSSR count). The highest BCUT2D eigenvalue weighted by Gasteiger charge is 2.06. The van der Waals surface area contributed by atoms with Crippen molar-refractivity contribution in [1.82, 2.24) is 0 Å². The molecule has 0 unspecified atom stereocenters. The smallest absolute Gasteiger partial charge is 0.150 e. The molecule has 0 bridgehead atoms. The van der Waals surface area contributed by atoms with Gasteiger partial charge in [0.2, 0.25) is 0 Å². The Hall–Kier alpha value is -1.32. The molecule has 0 fully saturated rings. The number of aldehydes is 1. The summed E-state index contributed by atoms with van der Waals surface area (Å²) in [5, 5.41) is 0.408. The molecule has 0 saturated carbocycles. The Kier molecular flexibility index (Phi) is 3.82. The van der Waals surface area contributed by atoms with Gasteiger partial charge in [0.1, 0.15) is 17.8 Å². The summed E-state index contributed by atoms with van der Waals surface area (Å²) < 4.78 is 6.49. The average Bonchev–Trinajstić information content (AvgIpc) is 2.34. The van der Waals surface area contributed by atoms with Crippen LogP contribution in [0.2, 0.25) is 5.02 Å². The Morgan fingerprint density at radius 3 is 2.53 bits per heavy atom. The van der Waals surface area contributed by atoms with Crippen molar-refractivity contribution in [3.63, 3.8) is 0 Å². The number of ether oxygens (including phenoxy) is 1. The summed E-state index contributed by atoms with van der Waals surface area (Å²) in [4.78, 5) is 10.6. The van der Waals surface area contributed by atoms with Gasteiger partial charge in [0.05, 0.1) is 9.50 Å². The molecule has 0 aliphatic carbocycles. The van der Waals surface area contributed by atoms with E-state index in [1.165, 1.54) is 0 Å². The molecule has 2 nitrogen and oxygen atoms in total. The molecule has 0 heterocycles. The van der Waals surface area contributed by atoms with E-state index in [9.17, 15) is 4.79 Å². The third-order valence-electron chi connectivity index (χ3n) is 2.15. The Labute approximate surface area is 112 Å². The number of para-hydroxylation sites is 1. The van der Waals surface area contributed by atoms with E-state index in [4.69, 9.17) is 16.3 Å². The molecule has 0 aromatic heterocycles. The fourth-order valence-electron chi connectivity index (χ4n) is 1.32. The molecular weight excluding hydrogens is 303 g/mol. The van der Waals surface area contributed by atoms with Crippen molar-refractivity contribution in [2.24, 2.45) is 0 Å². The van der Waals surface area contributed by atoms with Crippen molar-refractivity contribution in [2.45, 2.75) is 0 Å². The normalized spacial score (nSPS) is 10.0. The molecule has 0 spiro atoms. The second-order valence-corrected chi connectivity index (χ2v) is 4.60. The maximum absolute atomic E-state index is 10.6. The van der Waals surface area contributed by atoms with Gasteiger partial charge in [-0.2, -0.15) is 0 Å². The van der Waals surface area contributed by atoms with Gasteiger partial charge in [-0.25, -0.2) is 0 Å². The van der Waals surface area contributed by atoms with Crippen LogP contribution in [0.3, 0.4) is 0 Å². The van der Waals surface area contributed by atoms with Crippen LogP contribution in [0.4, 0.5) is 0 Å². The van der Waals surface area contributed by atoms with Crippen LogP contribution in [-0.2, 0) is 0 Å². The maximum atomic E-state index is 10.6. The zero-order chi connectivity index (χ0) is 12.3. The fraction of sp³-hybridized carbons (Fsp3) is 0. The first-order chi connectivity index (χ1) is 8.20. The summed E-state index contributed by atoms with van der Waals surface area (Å²) in [6, 6.07) is 12.4. The third kappa shape index (κ3) is 2.87. The van der Waals surface area contributed by atoms with Crippen LogP contribution in [0.1, 0.15) is 10.4 Å². The molecule has 4 heteroatoms. The highest BCUT2D eigenvalue weighted by atomic mass is 79.9. The molecule has 0 radical (unpaired) electrons. The third-order valence-corrected chi connectivity index (χ3v) is 3.10. The van der Waals surface area contributed by atoms with E-state index in [0.29, 0.717) is 22.1 Å². The maximum Gasteiger partial charge on any atom is 0.150 e. The van der Waals surface area contributed by atoms with E-state index < -0.39 is 0 Å². The van der Waals surface area contributed by atoms with Gasteiger partial charge in [0.25, 0.3) is 0 Å². The lowest BCUT2D eigenvalue weighted by Crippen LogP contribution is -1.88. The quantitative estimate of drug-likeness (QED) is 0.768. The molecule has 2 aromatic rings. The zero-order valence-corrected chi connectivity index (χ0v) is 11.0. The molecule has 0 aliphatic rings. The standard InChI is InChI=1S/C13H8BrClO2/c14-10-3-1-2-4-12(10)17-13-6-5-9(8-16)7-11(13)15/h1-8H. The summed E-state index contributed by atoms with van der Waals surface area (Å²) in [5.41, 5.74) is 0.523. The molecule has 0 amide bonds. The fourth-order valence-corrected chi connectivity index (χ4v) is 1.91. The molecule has 0 saturated heterocycles. The van der Waals surface area contributed by atoms with Gasteiger partial charge >= 0.3 is 0 Å². The lowest BCUT2D eigenvalue weighted by Gasteiger charge is -2.09. The van der Waals surface area contributed by atoms with Crippen molar-refractivity contribution in [3.05, 3.63) is 57.5 Å². The van der Waals surface area contributed by atoms with Crippen molar-refractivity contribution < 1.29 is 9.53 Å². The highest BCUT2D eigenvalue weighted by Crippen LogP contribution is 2.33. The zero-order valence-electron chi connectivity index (χ0n) is 8.69. The van der Waals surface area contributed by atoms with Gasteiger partial charge in [-0.3, -0.25) is 4.79 Å². The first-order valence-electron chi connectivity index (χ1n) is 4.88. The molecule has 2 aromatic carbocycles. The number of carbonyl (C=O) groups excluding carboxylic acids is 1. The monoisotopic (exact) mass is 310 g/mol. The second-order valence-electron chi connectivity index (χ2n) is 3.34. The second kappa shape index (κ2) is 5.34. The number of hydrogen-bond donors (Lipinski definition) is 0. The van der Waals surface area contributed by atoms with Crippen LogP contribution in [0.15, 0.2) is 46.9 Å². The van der Waals surface area contributed by atoms with E-state index in [1.54, 1.807) is 18.2 Å². The van der Waals surface area contributed by atoms with E-state index in [2.05, 4.69) is 15.9 Å². The van der Waals surface area contributed by atoms with Crippen molar-refractivity contribution in [2.75, 3.05) is 0 Å². The summed E-state index contributed by atoms with van der Waals surface area (Å²) in [6.07, 6.45) is 0.744. The van der Waals surface area contributed by atoms with Gasteiger partial charge in [0.15, 0.2) is 0 Å². The minimum Gasteiger partial charge on any atom is -0.455 e. The SMILES string of the molecule is O=Cc1ccc(Oc2ccccc2Br)c(Cl)c1. The van der Waals surface area contributed by atoms with Gasteiger partial charge in [-0.15, -0.1) is 0 Å². The Balaban J connectivity index is 2.31. The minimum atomic E-state index is 0.408. The molecule has 0 atom stereocenters. The number of hydrogen-bond acceptors (Lipinski definition) is 2. The largest absolute Gasteiger partial charge is 0.455 e. The summed E-state index contributed by atoms with van der Waals surface area (Å²) in [5.74, 6) is 1.19. The first-order valence-corrected chi connectivity index (χ1v) is 6.05. The number of benzene rings is 2. The van der Waals surface area contributed by atoms with Gasteiger partial charge in [-0.05, 0) is 46.3 Å². The Bertz CT molecular complexity index is 555. The van der Waals surface area contributed by atoms with Crippen LogP contribution in [0.25, 0.3) is 0 Å². The van der Waals surface area contributed by atoms with E-state index >= 15 is 0 Å². The predicted octanol–water partition coefficient (Wildman–Crippen LogP) is 4.71. The van der Waals surface area contributed by atoms with Gasteiger partial charge in [-0.1, -0.05) is 23.7 Å². The van der Waals surface area contributed by atoms with E-state index in [-0.39, 0.29) is 0 Å². The minimum absolute atomic E-state index is 0.408. The Morgan fingerprint density at radius 1 is 1.12 bits per heavy atom. The first kappa shape index (κ1) is 12.1. The summed E-state index contributed by atoms with van der Waals surface area (Å²) in [7, 11) is 0. The van der Waals surface area contributed by atoms with Crippen LogP contribution in [0.5, 0.6) is 11.5 Å². The van der Waals surface area contributed by atoms with Crippen molar-refractivity contribution in [1.29, 1.82) is 0 Å². The molecular formula is C13H8BrClO2. The van der Waals surface area contributed by atoms with Gasteiger partial charge < -0.3 is 4.74 Å². The number of carbonyl (C=O) groups is 1. The lowest BCUT2D eigenvalue weighted by molar-refractivity contribution is 0.112. The molecule has 0 aliphatic heterocycles. The van der Waals surface area contributed by atoms with Crippen molar-refractivity contribution >= 4 is 33.8 Å². The average molecular weight is 312 g/mol. The van der Waals surface area contributed by atoms with Crippen LogP contribution >= 0.6 is 27.5 Å². The predicted molar refractivity (Wildman–Crippen MR) is 71.1 cm³/mol. The van der Waals surface area contributed by atoms with Crippen LogP contribution < -0.4 is 4.74 Å². The lowest BCUT2D eigenvalue weighted by atomic mass is 10.2. The number of rotatable bonds is 3. The Morgan fingerprint density at radius 2 is 1.88 bits per heavy atom. The molecule has 0 N–H and O–H groups in total. The topological polar surface area (TPSA) is 26.3 Å². The van der Waals surface area contributed by atoms with E-state index in [0.717, 1.165) is 10.8 Å². The van der Waals surface area contributed by atoms with Crippen LogP contribution in [0, 0.1) is 0 Å². The highest BCUT2D eigenvalue weighted by molar-refractivity contribution is 9.10. The van der Waals surface area contributed by atoms with E-state index in [1.807, 2.05) is 24.3 Å². The van der Waals surface area contributed by atoms with Crippen molar-refractivity contribution in [3.8, 4) is 11.5 Å². The summed E-state index contributed by atoms with van der Waals surface area (Å²) >= 11 is 9.39. The van der Waals surface area contributed by atoms with Gasteiger partial charge in [0, 0.05) is 5.56 Å². The molecule has 17 heavy (non-hydrogen) atoms. The number of halogens is 2.